The summed E-state index contributed by atoms with van der Waals surface area (Å²) in [5.41, 5.74) is 0.388. The highest BCUT2D eigenvalue weighted by Crippen LogP contribution is 2.34. The van der Waals surface area contributed by atoms with Crippen LogP contribution in [0.3, 0.4) is 0 Å². The molecule has 8 heteroatoms. The van der Waals surface area contributed by atoms with E-state index in [1.807, 2.05) is 0 Å². The first-order valence-corrected chi connectivity index (χ1v) is 9.15. The van der Waals surface area contributed by atoms with Gasteiger partial charge in [0.1, 0.15) is 11.5 Å². The van der Waals surface area contributed by atoms with Gasteiger partial charge in [0.25, 0.3) is 0 Å². The van der Waals surface area contributed by atoms with Gasteiger partial charge < -0.3 is 4.84 Å². The molecule has 1 aliphatic heterocycles. The van der Waals surface area contributed by atoms with Crippen molar-refractivity contribution >= 4 is 37.2 Å². The molecule has 2 unspecified atom stereocenters. The molecule has 2 rings (SSSR count). The van der Waals surface area contributed by atoms with Gasteiger partial charge in [-0.15, -0.1) is 0 Å². The summed E-state index contributed by atoms with van der Waals surface area (Å²) >= 11 is 3.05. The smallest absolute Gasteiger partial charge is 0.191 e. The zero-order valence-electron chi connectivity index (χ0n) is 11.5. The number of nitrogens with zero attached hydrogens (tertiary/aromatic N) is 2. The normalized spacial score (nSPS) is 20.4. The monoisotopic (exact) mass is 376 g/mol. The fraction of sp³-hybridized carbons (Fsp3) is 0.385. The molecule has 0 aliphatic carbocycles. The molecule has 0 amide bonds. The van der Waals surface area contributed by atoms with Crippen molar-refractivity contribution in [2.24, 2.45) is 9.52 Å². The zero-order valence-corrected chi connectivity index (χ0v) is 13.9. The Kier molecular flexibility index (Phi) is 4.77. The summed E-state index contributed by atoms with van der Waals surface area (Å²) in [7, 11) is -1.30. The fourth-order valence-electron chi connectivity index (χ4n) is 2.03. The van der Waals surface area contributed by atoms with E-state index in [2.05, 4.69) is 25.4 Å². The second-order valence-corrected chi connectivity index (χ2v) is 7.50. The van der Waals surface area contributed by atoms with Gasteiger partial charge in [-0.2, -0.15) is 0 Å². The molecule has 0 radical (unpaired) electrons. The lowest BCUT2D eigenvalue weighted by atomic mass is 10.0. The molecule has 21 heavy (non-hydrogen) atoms. The first-order valence-electron chi connectivity index (χ1n) is 6.11. The summed E-state index contributed by atoms with van der Waals surface area (Å²) in [4.78, 5) is 17.0. The van der Waals surface area contributed by atoms with Crippen molar-refractivity contribution in [3.63, 3.8) is 0 Å². The predicted octanol–water partition coefficient (Wildman–Crippen LogP) is 2.69. The van der Waals surface area contributed by atoms with Gasteiger partial charge in [-0.25, -0.2) is 13.0 Å². The van der Waals surface area contributed by atoms with Crippen molar-refractivity contribution in [2.45, 2.75) is 17.4 Å². The first kappa shape index (κ1) is 16.1. The molecular formula is C13H14BrFN2O3S. The largest absolute Gasteiger partial charge is 0.387 e. The molecule has 0 saturated carbocycles. The van der Waals surface area contributed by atoms with Crippen LogP contribution in [0.2, 0.25) is 0 Å². The van der Waals surface area contributed by atoms with Crippen molar-refractivity contribution < 1.29 is 18.2 Å². The maximum absolute atomic E-state index is 14.2. The first-order chi connectivity index (χ1) is 9.90. The molecule has 0 saturated heterocycles. The maximum Gasteiger partial charge on any atom is 0.191 e. The van der Waals surface area contributed by atoms with Gasteiger partial charge in [0.2, 0.25) is 0 Å². The summed E-state index contributed by atoms with van der Waals surface area (Å²) < 4.78 is 30.5. The Morgan fingerprint density at radius 1 is 1.62 bits per heavy atom. The third kappa shape index (κ3) is 3.16. The van der Waals surface area contributed by atoms with Gasteiger partial charge in [0.15, 0.2) is 11.9 Å². The van der Waals surface area contributed by atoms with Crippen LogP contribution in [-0.4, -0.2) is 34.3 Å². The van der Waals surface area contributed by atoms with Gasteiger partial charge in [-0.1, -0.05) is 27.2 Å². The molecule has 114 valence electrons. The molecule has 5 nitrogen and oxygen atoms in total. The molecule has 0 bridgehead atoms. The minimum atomic E-state index is -2.72. The van der Waals surface area contributed by atoms with E-state index in [0.717, 1.165) is 0 Å². The average Bonchev–Trinajstić information content (AvgIpc) is 2.95. The molecule has 0 N–H and O–H groups in total. The number of carbonyl (C=O) groups is 1. The highest BCUT2D eigenvalue weighted by atomic mass is 79.9. The molecule has 1 heterocycles. The van der Waals surface area contributed by atoms with E-state index in [1.54, 1.807) is 6.07 Å². The number of ketones is 1. The second-order valence-electron chi connectivity index (χ2n) is 4.53. The van der Waals surface area contributed by atoms with Crippen molar-refractivity contribution in [3.8, 4) is 0 Å². The number of Topliss-reactive ketones (excluding diaryl/α,β-unsaturated/α-hetero) is 1. The Hall–Kier alpha value is -1.28. The number of oxime groups is 1. The lowest BCUT2D eigenvalue weighted by Gasteiger charge is -2.15. The lowest BCUT2D eigenvalue weighted by Crippen LogP contribution is -2.15. The molecule has 0 spiro atoms. The van der Waals surface area contributed by atoms with Crippen molar-refractivity contribution in [1.82, 2.24) is 0 Å². The molecule has 0 fully saturated rings. The van der Waals surface area contributed by atoms with Gasteiger partial charge >= 0.3 is 0 Å². The van der Waals surface area contributed by atoms with Gasteiger partial charge in [-0.05, 0) is 12.1 Å². The number of rotatable bonds is 4. The number of hydrogen-bond acceptors (Lipinski definition) is 5. The van der Waals surface area contributed by atoms with Crippen molar-refractivity contribution in [2.75, 3.05) is 18.6 Å². The van der Waals surface area contributed by atoms with Crippen molar-refractivity contribution in [1.29, 1.82) is 0 Å². The van der Waals surface area contributed by atoms with E-state index in [-0.39, 0.29) is 33.7 Å². The second kappa shape index (κ2) is 6.23. The van der Waals surface area contributed by atoms with E-state index >= 15 is 0 Å². The number of hydrogen-bond donors (Lipinski definition) is 0. The third-order valence-corrected chi connectivity index (χ3v) is 5.58. The lowest BCUT2D eigenvalue weighted by molar-refractivity contribution is -0.110. The minimum absolute atomic E-state index is 0.126. The van der Waals surface area contributed by atoms with Gasteiger partial charge in [0, 0.05) is 25.3 Å². The standard InChI is InChI=1S/C13H14BrFN2O3S/c1-16-21(2,19)12-5-3-4-8(15)13(12)11-6-9(17-20-11)10(18)7-14/h3-5,11H,6-7H2,1-2H3. The quantitative estimate of drug-likeness (QED) is 0.758. The van der Waals surface area contributed by atoms with Crippen LogP contribution in [0.5, 0.6) is 0 Å². The molecule has 2 atom stereocenters. The van der Waals surface area contributed by atoms with Gasteiger partial charge in [-0.3, -0.25) is 4.79 Å². The Morgan fingerprint density at radius 2 is 2.33 bits per heavy atom. The van der Waals surface area contributed by atoms with Crippen LogP contribution in [0.25, 0.3) is 0 Å². The van der Waals surface area contributed by atoms with Crippen LogP contribution in [0.1, 0.15) is 18.1 Å². The minimum Gasteiger partial charge on any atom is -0.387 e. The highest BCUT2D eigenvalue weighted by Gasteiger charge is 2.32. The molecule has 1 aromatic rings. The summed E-state index contributed by atoms with van der Waals surface area (Å²) in [6.07, 6.45) is 0.824. The summed E-state index contributed by atoms with van der Waals surface area (Å²) in [5.74, 6) is -0.758. The van der Waals surface area contributed by atoms with Crippen molar-refractivity contribution in [3.05, 3.63) is 29.6 Å². The van der Waals surface area contributed by atoms with E-state index in [0.29, 0.717) is 0 Å². The van der Waals surface area contributed by atoms with Gasteiger partial charge in [0.05, 0.1) is 20.0 Å². The topological polar surface area (TPSA) is 68.1 Å². The van der Waals surface area contributed by atoms with Crippen LogP contribution in [-0.2, 0) is 19.4 Å². The maximum atomic E-state index is 14.2. The number of carbonyl (C=O) groups excluding carboxylic acids is 1. The fourth-order valence-corrected chi connectivity index (χ4v) is 3.52. The van der Waals surface area contributed by atoms with E-state index in [1.165, 1.54) is 25.4 Å². The molecule has 0 aromatic heterocycles. The summed E-state index contributed by atoms with van der Waals surface area (Å²) in [6, 6.07) is 4.29. The summed E-state index contributed by atoms with van der Waals surface area (Å²) in [5, 5.41) is 3.83. The molecule has 1 aromatic carbocycles. The zero-order chi connectivity index (χ0) is 15.6. The summed E-state index contributed by atoms with van der Waals surface area (Å²) in [6.45, 7) is 0. The number of halogens is 2. The SMILES string of the molecule is CN=S(C)(=O)c1cccc(F)c1C1CC(C(=O)CBr)=NO1. The molecular weight excluding hydrogens is 363 g/mol. The third-order valence-electron chi connectivity index (χ3n) is 3.20. The van der Waals surface area contributed by atoms with Crippen LogP contribution in [0.4, 0.5) is 4.39 Å². The van der Waals surface area contributed by atoms with E-state index < -0.39 is 21.7 Å². The number of benzene rings is 1. The van der Waals surface area contributed by atoms with Crippen LogP contribution >= 0.6 is 15.9 Å². The molecule has 1 aliphatic rings. The Bertz CT molecular complexity index is 726. The number of alkyl halides is 1. The average molecular weight is 377 g/mol. The Morgan fingerprint density at radius 3 is 2.95 bits per heavy atom. The van der Waals surface area contributed by atoms with Crippen LogP contribution < -0.4 is 0 Å². The predicted molar refractivity (Wildman–Crippen MR) is 81.8 cm³/mol. The van der Waals surface area contributed by atoms with Crippen LogP contribution in [0.15, 0.2) is 32.6 Å². The van der Waals surface area contributed by atoms with Crippen LogP contribution in [0, 0.1) is 5.82 Å². The Labute approximate surface area is 130 Å². The Balaban J connectivity index is 2.44. The van der Waals surface area contributed by atoms with E-state index in [9.17, 15) is 13.4 Å². The van der Waals surface area contributed by atoms with E-state index in [4.69, 9.17) is 4.84 Å². The highest BCUT2D eigenvalue weighted by molar-refractivity contribution is 9.09.